The molecule has 160 valence electrons. The summed E-state index contributed by atoms with van der Waals surface area (Å²) in [5.74, 6) is 0. The van der Waals surface area contributed by atoms with E-state index in [9.17, 15) is 0 Å². The molecule has 0 bridgehead atoms. The summed E-state index contributed by atoms with van der Waals surface area (Å²) >= 11 is 1.79. The number of benzene rings is 2. The maximum atomic E-state index is 4.62. The van der Waals surface area contributed by atoms with Gasteiger partial charge in [-0.1, -0.05) is 24.3 Å². The summed E-state index contributed by atoms with van der Waals surface area (Å²) in [7, 11) is 0. The number of H-pyrrole nitrogens is 1. The van der Waals surface area contributed by atoms with Crippen LogP contribution >= 0.6 is 11.3 Å². The van der Waals surface area contributed by atoms with Gasteiger partial charge in [-0.2, -0.15) is 0 Å². The van der Waals surface area contributed by atoms with Crippen molar-refractivity contribution in [2.24, 2.45) is 0 Å². The number of piperazine rings is 1. The Morgan fingerprint density at radius 2 is 1.84 bits per heavy atom. The molecule has 6 rings (SSSR count). The second kappa shape index (κ2) is 8.39. The molecule has 1 saturated heterocycles. The first-order chi connectivity index (χ1) is 15.8. The predicted octanol–water partition coefficient (Wildman–Crippen LogP) is 5.59. The molecule has 1 aliphatic rings. The van der Waals surface area contributed by atoms with Gasteiger partial charge in [0.25, 0.3) is 0 Å². The highest BCUT2D eigenvalue weighted by molar-refractivity contribution is 7.22. The lowest BCUT2D eigenvalue weighted by molar-refractivity contribution is 0.233. The molecule has 0 amide bonds. The number of pyridine rings is 1. The molecule has 5 aromatic rings. The van der Waals surface area contributed by atoms with Crippen LogP contribution in [0.3, 0.4) is 0 Å². The topological polar surface area (TPSA) is 56.0 Å². The van der Waals surface area contributed by atoms with Gasteiger partial charge in [-0.05, 0) is 47.5 Å². The molecule has 0 spiro atoms. The number of anilines is 2. The van der Waals surface area contributed by atoms with Crippen LogP contribution in [0.1, 0.15) is 5.56 Å². The van der Waals surface area contributed by atoms with Crippen molar-refractivity contribution in [2.75, 3.05) is 31.5 Å². The minimum Gasteiger partial charge on any atom is -0.361 e. The van der Waals surface area contributed by atoms with Gasteiger partial charge >= 0.3 is 0 Å². The van der Waals surface area contributed by atoms with Gasteiger partial charge in [-0.3, -0.25) is 9.88 Å². The lowest BCUT2D eigenvalue weighted by atomic mass is 10.1. The Bertz CT molecular complexity index is 1360. The van der Waals surface area contributed by atoms with Gasteiger partial charge in [0, 0.05) is 66.6 Å². The maximum Gasteiger partial charge on any atom is 0.0837 e. The molecule has 1 fully saturated rings. The summed E-state index contributed by atoms with van der Waals surface area (Å²) in [6.07, 6.45) is 3.85. The number of fused-ring (bicyclic) bond motifs is 2. The predicted molar refractivity (Wildman–Crippen MR) is 135 cm³/mol. The van der Waals surface area contributed by atoms with Crippen LogP contribution in [0.2, 0.25) is 0 Å². The highest BCUT2D eigenvalue weighted by Gasteiger charge is 2.12. The van der Waals surface area contributed by atoms with Crippen LogP contribution in [0.5, 0.6) is 0 Å². The summed E-state index contributed by atoms with van der Waals surface area (Å²) in [6, 6.07) is 21.8. The molecule has 0 aliphatic carbocycles. The van der Waals surface area contributed by atoms with Crippen molar-refractivity contribution in [2.45, 2.75) is 6.54 Å². The monoisotopic (exact) mass is 439 g/mol. The Morgan fingerprint density at radius 3 is 2.72 bits per heavy atom. The van der Waals surface area contributed by atoms with E-state index in [1.807, 2.05) is 12.4 Å². The number of hydrogen-bond donors (Lipinski definition) is 3. The van der Waals surface area contributed by atoms with E-state index in [0.29, 0.717) is 0 Å². The average molecular weight is 440 g/mol. The molecule has 0 unspecified atom stereocenters. The van der Waals surface area contributed by atoms with Gasteiger partial charge < -0.3 is 15.6 Å². The van der Waals surface area contributed by atoms with Gasteiger partial charge in [0.15, 0.2) is 0 Å². The van der Waals surface area contributed by atoms with Crippen LogP contribution in [0.15, 0.2) is 73.1 Å². The Hall–Kier alpha value is -3.19. The Kier molecular flexibility index (Phi) is 5.11. The fourth-order valence-electron chi connectivity index (χ4n) is 4.37. The molecule has 3 aromatic heterocycles. The molecule has 0 radical (unpaired) electrons. The fourth-order valence-corrected chi connectivity index (χ4v) is 5.46. The van der Waals surface area contributed by atoms with E-state index in [4.69, 9.17) is 0 Å². The van der Waals surface area contributed by atoms with Crippen LogP contribution in [0.25, 0.3) is 31.6 Å². The van der Waals surface area contributed by atoms with E-state index in [0.717, 1.165) is 55.1 Å². The van der Waals surface area contributed by atoms with Crippen molar-refractivity contribution in [1.82, 2.24) is 20.2 Å². The van der Waals surface area contributed by atoms with E-state index >= 15 is 0 Å². The Labute approximate surface area is 191 Å². The molecule has 3 N–H and O–H groups in total. The normalized spacial score (nSPS) is 14.9. The molecule has 0 atom stereocenters. The van der Waals surface area contributed by atoms with Crippen LogP contribution in [-0.2, 0) is 6.54 Å². The molecule has 1 aliphatic heterocycles. The average Bonchev–Trinajstić information content (AvgIpc) is 3.47. The molecule has 4 heterocycles. The molecule has 6 heteroatoms. The number of aromatic nitrogens is 2. The fraction of sp³-hybridized carbons (Fsp3) is 0.192. The SMILES string of the molecule is c1cc(Nc2ccc3[nH]ccc3c2)c2sc(-c3ccc(CN4CCNCC4)cc3)cc2n1. The molecular formula is C26H25N5S. The first-order valence-electron chi connectivity index (χ1n) is 11.1. The van der Waals surface area contributed by atoms with Crippen molar-refractivity contribution in [1.29, 1.82) is 0 Å². The maximum absolute atomic E-state index is 4.62. The van der Waals surface area contributed by atoms with Crippen LogP contribution in [-0.4, -0.2) is 41.0 Å². The van der Waals surface area contributed by atoms with Crippen molar-refractivity contribution in [3.63, 3.8) is 0 Å². The molecule has 2 aromatic carbocycles. The second-order valence-corrected chi connectivity index (χ2v) is 9.36. The third-order valence-electron chi connectivity index (χ3n) is 6.10. The van der Waals surface area contributed by atoms with Crippen LogP contribution in [0, 0.1) is 0 Å². The van der Waals surface area contributed by atoms with Crippen molar-refractivity contribution in [3.8, 4) is 10.4 Å². The summed E-state index contributed by atoms with van der Waals surface area (Å²) in [5, 5.41) is 8.21. The largest absolute Gasteiger partial charge is 0.361 e. The Morgan fingerprint density at radius 1 is 0.969 bits per heavy atom. The Balaban J connectivity index is 1.25. The van der Waals surface area contributed by atoms with E-state index in [-0.39, 0.29) is 0 Å². The van der Waals surface area contributed by atoms with Crippen LogP contribution < -0.4 is 10.6 Å². The number of aromatic amines is 1. The number of rotatable bonds is 5. The second-order valence-electron chi connectivity index (χ2n) is 8.31. The number of thiophene rings is 1. The first-order valence-corrected chi connectivity index (χ1v) is 11.9. The van der Waals surface area contributed by atoms with Crippen molar-refractivity contribution in [3.05, 3.63) is 78.6 Å². The van der Waals surface area contributed by atoms with E-state index < -0.39 is 0 Å². The number of hydrogen-bond acceptors (Lipinski definition) is 5. The molecular weight excluding hydrogens is 414 g/mol. The smallest absolute Gasteiger partial charge is 0.0837 e. The molecule has 32 heavy (non-hydrogen) atoms. The quantitative estimate of drug-likeness (QED) is 0.334. The third-order valence-corrected chi connectivity index (χ3v) is 7.31. The minimum atomic E-state index is 1.02. The van der Waals surface area contributed by atoms with Gasteiger partial charge in [0.1, 0.15) is 0 Å². The van der Waals surface area contributed by atoms with Crippen LogP contribution in [0.4, 0.5) is 11.4 Å². The summed E-state index contributed by atoms with van der Waals surface area (Å²) < 4.78 is 1.18. The van der Waals surface area contributed by atoms with Crippen molar-refractivity contribution >= 4 is 43.8 Å². The van der Waals surface area contributed by atoms with Gasteiger partial charge in [-0.15, -0.1) is 11.3 Å². The van der Waals surface area contributed by atoms with Gasteiger partial charge in [0.2, 0.25) is 0 Å². The van der Waals surface area contributed by atoms with E-state index in [2.05, 4.69) is 86.2 Å². The van der Waals surface area contributed by atoms with Crippen molar-refractivity contribution < 1.29 is 0 Å². The highest BCUT2D eigenvalue weighted by Crippen LogP contribution is 2.37. The zero-order valence-electron chi connectivity index (χ0n) is 17.8. The van der Waals surface area contributed by atoms with E-state index in [1.54, 1.807) is 11.3 Å². The minimum absolute atomic E-state index is 1.02. The van der Waals surface area contributed by atoms with Gasteiger partial charge in [-0.25, -0.2) is 0 Å². The molecule has 5 nitrogen and oxygen atoms in total. The third kappa shape index (κ3) is 3.88. The zero-order chi connectivity index (χ0) is 21.3. The lowest BCUT2D eigenvalue weighted by Crippen LogP contribution is -2.42. The number of nitrogens with one attached hydrogen (secondary N) is 3. The number of nitrogens with zero attached hydrogens (tertiary/aromatic N) is 2. The summed E-state index contributed by atoms with van der Waals surface area (Å²) in [6.45, 7) is 5.44. The van der Waals surface area contributed by atoms with E-state index in [1.165, 1.54) is 26.1 Å². The first kappa shape index (κ1) is 19.5. The summed E-state index contributed by atoms with van der Waals surface area (Å²) in [4.78, 5) is 11.6. The molecule has 0 saturated carbocycles. The zero-order valence-corrected chi connectivity index (χ0v) is 18.6. The van der Waals surface area contributed by atoms with Gasteiger partial charge in [0.05, 0.1) is 15.9 Å². The summed E-state index contributed by atoms with van der Waals surface area (Å²) in [5.41, 5.74) is 6.97. The highest BCUT2D eigenvalue weighted by atomic mass is 32.1. The standard InChI is InChI=1S/C26H25N5S/c1-3-19(4-2-18(1)17-31-13-11-27-12-14-31)25-16-24-26(32-25)23(8-10-29-24)30-21-5-6-22-20(15-21)7-9-28-22/h1-10,15-16,27-28H,11-14,17H2,(H,29,30). The lowest BCUT2D eigenvalue weighted by Gasteiger charge is -2.27.